The lowest BCUT2D eigenvalue weighted by Gasteiger charge is -2.12. The van der Waals surface area contributed by atoms with E-state index in [1.54, 1.807) is 13.8 Å². The summed E-state index contributed by atoms with van der Waals surface area (Å²) in [6.07, 6.45) is -0.363. The first-order chi connectivity index (χ1) is 9.19. The predicted molar refractivity (Wildman–Crippen MR) is 77.3 cm³/mol. The summed E-state index contributed by atoms with van der Waals surface area (Å²) in [5.74, 6) is -1.20. The number of halogens is 1. The maximum absolute atomic E-state index is 12.1. The average molecular weight is 366 g/mol. The summed E-state index contributed by atoms with van der Waals surface area (Å²) in [6.45, 7) is 3.19. The van der Waals surface area contributed by atoms with Crippen molar-refractivity contribution in [2.24, 2.45) is 0 Å². The minimum atomic E-state index is -3.86. The Kier molecular flexibility index (Phi) is 5.69. The van der Waals surface area contributed by atoms with Gasteiger partial charge < -0.3 is 10.2 Å². The Hall–Kier alpha value is -0.960. The molecule has 1 aromatic rings. The van der Waals surface area contributed by atoms with E-state index in [2.05, 4.69) is 20.7 Å². The van der Waals surface area contributed by atoms with Gasteiger partial charge in [-0.25, -0.2) is 17.9 Å². The Bertz CT molecular complexity index is 615. The molecule has 0 saturated carbocycles. The van der Waals surface area contributed by atoms with Crippen LogP contribution in [0.5, 0.6) is 0 Å². The lowest BCUT2D eigenvalue weighted by Crippen LogP contribution is -2.32. The van der Waals surface area contributed by atoms with Gasteiger partial charge in [-0.05, 0) is 31.0 Å². The van der Waals surface area contributed by atoms with E-state index in [0.29, 0.717) is 16.5 Å². The minimum absolute atomic E-state index is 0.0872. The van der Waals surface area contributed by atoms with Crippen molar-refractivity contribution >= 4 is 31.9 Å². The maximum atomic E-state index is 12.1. The highest BCUT2D eigenvalue weighted by Gasteiger charge is 2.20. The third kappa shape index (κ3) is 4.02. The first-order valence-corrected chi connectivity index (χ1v) is 8.17. The molecule has 3 N–H and O–H groups in total. The maximum Gasteiger partial charge on any atom is 0.336 e. The van der Waals surface area contributed by atoms with Crippen LogP contribution in [0.1, 0.15) is 29.3 Å². The van der Waals surface area contributed by atoms with Gasteiger partial charge in [-0.2, -0.15) is 0 Å². The van der Waals surface area contributed by atoms with Gasteiger partial charge in [-0.1, -0.05) is 22.9 Å². The van der Waals surface area contributed by atoms with Crippen LogP contribution in [0, 0.1) is 6.92 Å². The molecule has 1 atom stereocenters. The zero-order chi connectivity index (χ0) is 15.5. The molecule has 0 fully saturated rings. The summed E-state index contributed by atoms with van der Waals surface area (Å²) in [5.41, 5.74) is 0.362. The van der Waals surface area contributed by atoms with Crippen LogP contribution in [0.4, 0.5) is 0 Å². The van der Waals surface area contributed by atoms with Crippen molar-refractivity contribution in [3.8, 4) is 0 Å². The molecule has 20 heavy (non-hydrogen) atoms. The molecular weight excluding hydrogens is 350 g/mol. The molecule has 0 heterocycles. The molecule has 0 spiro atoms. The molecule has 6 nitrogen and oxygen atoms in total. The normalized spacial score (nSPS) is 13.2. The van der Waals surface area contributed by atoms with Crippen molar-refractivity contribution < 1.29 is 23.4 Å². The molecule has 0 amide bonds. The summed E-state index contributed by atoms with van der Waals surface area (Å²) >= 11 is 3.15. The van der Waals surface area contributed by atoms with Crippen LogP contribution in [-0.2, 0) is 10.0 Å². The summed E-state index contributed by atoms with van der Waals surface area (Å²) in [4.78, 5) is 10.9. The molecule has 0 bridgehead atoms. The molecule has 112 valence electrons. The molecule has 0 aliphatic rings. The number of carbonyl (C=O) groups is 1. The second-order valence-electron chi connectivity index (χ2n) is 4.30. The van der Waals surface area contributed by atoms with Crippen LogP contribution in [-0.4, -0.2) is 37.2 Å². The summed E-state index contributed by atoms with van der Waals surface area (Å²) in [7, 11) is -3.86. The van der Waals surface area contributed by atoms with Gasteiger partial charge in [-0.3, -0.25) is 0 Å². The van der Waals surface area contributed by atoms with E-state index in [0.717, 1.165) is 6.07 Å². The molecule has 8 heteroatoms. The fourth-order valence-electron chi connectivity index (χ4n) is 1.46. The minimum Gasteiger partial charge on any atom is -0.478 e. The Morgan fingerprint density at radius 1 is 1.45 bits per heavy atom. The number of hydrogen-bond donors (Lipinski definition) is 3. The largest absolute Gasteiger partial charge is 0.478 e. The van der Waals surface area contributed by atoms with Crippen LogP contribution < -0.4 is 4.72 Å². The highest BCUT2D eigenvalue weighted by atomic mass is 79.9. The van der Waals surface area contributed by atoms with Gasteiger partial charge in [-0.15, -0.1) is 0 Å². The van der Waals surface area contributed by atoms with E-state index in [9.17, 15) is 18.3 Å². The van der Waals surface area contributed by atoms with Gasteiger partial charge in [0.25, 0.3) is 0 Å². The lowest BCUT2D eigenvalue weighted by molar-refractivity contribution is 0.0695. The second-order valence-corrected chi connectivity index (χ2v) is 6.92. The number of aliphatic hydroxyl groups excluding tert-OH is 1. The Morgan fingerprint density at radius 3 is 2.55 bits per heavy atom. The molecule has 1 aromatic carbocycles. The van der Waals surface area contributed by atoms with Gasteiger partial charge in [0, 0.05) is 11.0 Å². The first-order valence-electron chi connectivity index (χ1n) is 5.90. The number of nitrogens with one attached hydrogen (secondary N) is 1. The fraction of sp³-hybridized carbons (Fsp3) is 0.417. The quantitative estimate of drug-likeness (QED) is 0.708. The number of carboxylic acid groups (broad SMARTS) is 1. The number of aliphatic hydroxyl groups is 1. The standard InChI is InChI=1S/C12H16BrNO5S/c1-3-8(15)6-14-20(18,19)9-4-10(12(16)17)7(2)11(13)5-9/h4-5,8,14-15H,3,6H2,1-2H3,(H,16,17). The van der Waals surface area contributed by atoms with Crippen molar-refractivity contribution in [2.45, 2.75) is 31.3 Å². The van der Waals surface area contributed by atoms with Crippen molar-refractivity contribution in [1.29, 1.82) is 0 Å². The Balaban J connectivity index is 3.16. The monoisotopic (exact) mass is 365 g/mol. The smallest absolute Gasteiger partial charge is 0.336 e. The van der Waals surface area contributed by atoms with E-state index >= 15 is 0 Å². The summed E-state index contributed by atoms with van der Waals surface area (Å²) in [6, 6.07) is 2.44. The molecule has 0 aliphatic heterocycles. The molecule has 0 aliphatic carbocycles. The molecular formula is C12H16BrNO5S. The van der Waals surface area contributed by atoms with E-state index in [4.69, 9.17) is 5.11 Å². The zero-order valence-electron chi connectivity index (χ0n) is 11.1. The van der Waals surface area contributed by atoms with Crippen molar-refractivity contribution in [2.75, 3.05) is 6.54 Å². The zero-order valence-corrected chi connectivity index (χ0v) is 13.5. The van der Waals surface area contributed by atoms with E-state index in [1.165, 1.54) is 6.07 Å². The third-order valence-electron chi connectivity index (χ3n) is 2.84. The molecule has 0 saturated heterocycles. The van der Waals surface area contributed by atoms with Crippen LogP contribution in [0.15, 0.2) is 21.5 Å². The molecule has 1 unspecified atom stereocenters. The number of benzene rings is 1. The van der Waals surface area contributed by atoms with Gasteiger partial charge >= 0.3 is 5.97 Å². The third-order valence-corrected chi connectivity index (χ3v) is 5.07. The molecule has 1 rings (SSSR count). The fourth-order valence-corrected chi connectivity index (χ4v) is 3.20. The number of aromatic carboxylic acids is 1. The SMILES string of the molecule is CCC(O)CNS(=O)(=O)c1cc(Br)c(C)c(C(=O)O)c1. The van der Waals surface area contributed by atoms with Gasteiger partial charge in [0.05, 0.1) is 16.6 Å². The lowest BCUT2D eigenvalue weighted by atomic mass is 10.1. The van der Waals surface area contributed by atoms with Crippen LogP contribution in [0.2, 0.25) is 0 Å². The van der Waals surface area contributed by atoms with E-state index in [-0.39, 0.29) is 17.0 Å². The predicted octanol–water partition coefficient (Wildman–Crippen LogP) is 1.50. The highest BCUT2D eigenvalue weighted by Crippen LogP contribution is 2.24. The number of rotatable bonds is 6. The Labute approximate surface area is 126 Å². The van der Waals surface area contributed by atoms with Crippen LogP contribution >= 0.6 is 15.9 Å². The number of hydrogen-bond acceptors (Lipinski definition) is 4. The average Bonchev–Trinajstić information content (AvgIpc) is 2.38. The van der Waals surface area contributed by atoms with Crippen molar-refractivity contribution in [3.05, 3.63) is 27.7 Å². The van der Waals surface area contributed by atoms with Gasteiger partial charge in [0.15, 0.2) is 0 Å². The first kappa shape index (κ1) is 17.1. The molecule has 0 aromatic heterocycles. The topological polar surface area (TPSA) is 104 Å². The second kappa shape index (κ2) is 6.66. The summed E-state index contributed by atoms with van der Waals surface area (Å²) in [5, 5.41) is 18.4. The number of carboxylic acids is 1. The summed E-state index contributed by atoms with van der Waals surface area (Å²) < 4.78 is 26.8. The molecule has 0 radical (unpaired) electrons. The van der Waals surface area contributed by atoms with E-state index < -0.39 is 22.1 Å². The van der Waals surface area contributed by atoms with Gasteiger partial charge in [0.2, 0.25) is 10.0 Å². The van der Waals surface area contributed by atoms with E-state index in [1.807, 2.05) is 0 Å². The van der Waals surface area contributed by atoms with Crippen molar-refractivity contribution in [1.82, 2.24) is 4.72 Å². The highest BCUT2D eigenvalue weighted by molar-refractivity contribution is 9.10. The Morgan fingerprint density at radius 2 is 2.05 bits per heavy atom. The van der Waals surface area contributed by atoms with Crippen molar-refractivity contribution in [3.63, 3.8) is 0 Å². The van der Waals surface area contributed by atoms with Gasteiger partial charge in [0.1, 0.15) is 0 Å². The number of sulfonamides is 1. The van der Waals surface area contributed by atoms with Crippen LogP contribution in [0.25, 0.3) is 0 Å². The van der Waals surface area contributed by atoms with Crippen LogP contribution in [0.3, 0.4) is 0 Å².